The van der Waals surface area contributed by atoms with Crippen LogP contribution in [0.3, 0.4) is 0 Å². The molecule has 20 heteroatoms. The van der Waals surface area contributed by atoms with E-state index in [4.69, 9.17) is 4.74 Å². The summed E-state index contributed by atoms with van der Waals surface area (Å²) in [4.78, 5) is 121. The average Bonchev–Trinajstić information content (AvgIpc) is 3.25. The molecule has 7 atom stereocenters. The number of cyclic esters (lactones) is 1. The van der Waals surface area contributed by atoms with Crippen LogP contribution in [0.1, 0.15) is 91.7 Å². The molecule has 0 aliphatic carbocycles. The van der Waals surface area contributed by atoms with Crippen molar-refractivity contribution < 1.29 is 63.2 Å². The topological polar surface area (TPSA) is 308 Å². The lowest BCUT2D eigenvalue weighted by molar-refractivity contribution is -0.156. The number of carbonyl (C=O) groups excluding carboxylic acids is 8. The van der Waals surface area contributed by atoms with Gasteiger partial charge < -0.3 is 57.3 Å². The van der Waals surface area contributed by atoms with Crippen molar-refractivity contribution in [2.24, 2.45) is 5.92 Å². The molecule has 0 radical (unpaired) electrons. The van der Waals surface area contributed by atoms with Crippen LogP contribution in [0.2, 0.25) is 0 Å². The zero-order valence-corrected chi connectivity index (χ0v) is 38.8. The van der Waals surface area contributed by atoms with Crippen molar-refractivity contribution in [3.05, 3.63) is 83.1 Å². The Morgan fingerprint density at radius 2 is 1.37 bits per heavy atom. The summed E-state index contributed by atoms with van der Waals surface area (Å²) in [5.74, 6) is -8.89. The van der Waals surface area contributed by atoms with Gasteiger partial charge in [-0.25, -0.2) is 4.79 Å². The number of benzene rings is 2. The molecule has 10 N–H and O–H groups in total. The van der Waals surface area contributed by atoms with E-state index in [1.54, 1.807) is 39.8 Å². The van der Waals surface area contributed by atoms with Crippen molar-refractivity contribution in [2.45, 2.75) is 136 Å². The van der Waals surface area contributed by atoms with E-state index in [-0.39, 0.29) is 30.0 Å². The second-order valence-corrected chi connectivity index (χ2v) is 16.9. The van der Waals surface area contributed by atoms with Gasteiger partial charge in [-0.2, -0.15) is 0 Å². The number of allylic oxidation sites excluding steroid dienone is 2. The molecule has 1 aliphatic rings. The van der Waals surface area contributed by atoms with Gasteiger partial charge >= 0.3 is 11.9 Å². The van der Waals surface area contributed by atoms with Crippen molar-refractivity contribution in [3.8, 4) is 11.5 Å². The number of aliphatic carboxylic acids is 1. The monoisotopic (exact) mass is 933 g/mol. The Kier molecular flexibility index (Phi) is 21.0. The number of unbranched alkanes of at least 4 members (excludes halogenated alkanes) is 1. The van der Waals surface area contributed by atoms with Crippen LogP contribution in [0.15, 0.2) is 72.0 Å². The fourth-order valence-corrected chi connectivity index (χ4v) is 6.82. The van der Waals surface area contributed by atoms with Gasteiger partial charge in [-0.3, -0.25) is 38.4 Å². The molecule has 2 aromatic rings. The summed E-state index contributed by atoms with van der Waals surface area (Å²) < 4.78 is 5.80. The number of ether oxygens (including phenoxy) is 1. The number of esters is 1. The standard InChI is InChI=1S/C47H63N7O13/c1-8-33-42(61)50-34(21-22-38(58)59)43(62)51-35(12-10-9-11-29-13-17-31(55)18-14-29)47(66)67-28(7)40(46(65)48-27(6)41(60)49-33)54-44(63)36(24-30-15-19-32(56)20-16-30)52-45(64)39(26(4)5)53-37(57)23-25(2)3/h8,13-20,23,26-28,34-36,39-40,55-56H,9-12,21-22,24H2,1-7H3,(H,48,65)(H,49,60)(H,50,61)(H,51,62)(H,52,64)(H,53,57)(H,54,63)(H,58,59)/b33-8+/t27-,28+,34+,35-,36-,39-,40?/m0/s1. The number of phenolic OH excluding ortho intramolecular Hbond substituents is 2. The lowest BCUT2D eigenvalue weighted by Gasteiger charge is -2.30. The number of phenols is 2. The Hall–Kier alpha value is -7.25. The Labute approximate surface area is 389 Å². The predicted octanol–water partition coefficient (Wildman–Crippen LogP) is 1.43. The number of hydrogen-bond donors (Lipinski definition) is 10. The van der Waals surface area contributed by atoms with Crippen LogP contribution in [0.25, 0.3) is 0 Å². The third-order valence-electron chi connectivity index (χ3n) is 10.6. The van der Waals surface area contributed by atoms with Gasteiger partial charge in [-0.15, -0.1) is 0 Å². The predicted molar refractivity (Wildman–Crippen MR) is 243 cm³/mol. The van der Waals surface area contributed by atoms with Gasteiger partial charge in [0.1, 0.15) is 59.6 Å². The van der Waals surface area contributed by atoms with Crippen molar-refractivity contribution in [1.82, 2.24) is 37.2 Å². The van der Waals surface area contributed by atoms with Gasteiger partial charge in [-0.1, -0.05) is 56.2 Å². The number of carboxylic acids is 1. The summed E-state index contributed by atoms with van der Waals surface area (Å²) in [6, 6.07) is 3.57. The lowest BCUT2D eigenvalue weighted by Crippen LogP contribution is -2.62. The molecule has 0 aromatic heterocycles. The van der Waals surface area contributed by atoms with Gasteiger partial charge in [0.25, 0.3) is 5.91 Å². The minimum Gasteiger partial charge on any atom is -0.508 e. The first-order valence-electron chi connectivity index (χ1n) is 22.0. The molecule has 1 fully saturated rings. The summed E-state index contributed by atoms with van der Waals surface area (Å²) >= 11 is 0. The third kappa shape index (κ3) is 17.9. The van der Waals surface area contributed by atoms with E-state index < -0.39 is 114 Å². The van der Waals surface area contributed by atoms with E-state index in [9.17, 15) is 58.5 Å². The highest BCUT2D eigenvalue weighted by Gasteiger charge is 2.38. The molecule has 67 heavy (non-hydrogen) atoms. The van der Waals surface area contributed by atoms with E-state index in [0.29, 0.717) is 30.4 Å². The van der Waals surface area contributed by atoms with Crippen LogP contribution >= 0.6 is 0 Å². The Morgan fingerprint density at radius 3 is 1.94 bits per heavy atom. The van der Waals surface area contributed by atoms with Crippen LogP contribution in [-0.4, -0.2) is 111 Å². The molecule has 20 nitrogen and oxygen atoms in total. The molecular formula is C47H63N7O13. The van der Waals surface area contributed by atoms with Crippen LogP contribution in [0, 0.1) is 5.92 Å². The van der Waals surface area contributed by atoms with Gasteiger partial charge in [0, 0.05) is 18.9 Å². The fraction of sp³-hybridized carbons (Fsp3) is 0.468. The number of carbonyl (C=O) groups is 9. The normalized spacial score (nSPS) is 21.0. The Bertz CT molecular complexity index is 2170. The Balaban J connectivity index is 2.06. The largest absolute Gasteiger partial charge is 0.508 e. The van der Waals surface area contributed by atoms with Crippen molar-refractivity contribution in [1.29, 1.82) is 0 Å². The third-order valence-corrected chi connectivity index (χ3v) is 10.6. The maximum atomic E-state index is 14.4. The van der Waals surface area contributed by atoms with Crippen molar-refractivity contribution in [2.75, 3.05) is 0 Å². The highest BCUT2D eigenvalue weighted by Crippen LogP contribution is 2.17. The maximum Gasteiger partial charge on any atom is 0.328 e. The van der Waals surface area contributed by atoms with E-state index in [1.807, 2.05) is 0 Å². The zero-order chi connectivity index (χ0) is 50.0. The molecule has 7 amide bonds. The molecule has 1 saturated heterocycles. The number of carboxylic acid groups (broad SMARTS) is 1. The highest BCUT2D eigenvalue weighted by atomic mass is 16.5. The summed E-state index contributed by atoms with van der Waals surface area (Å²) in [5.41, 5.74) is 1.67. The second kappa shape index (κ2) is 26.0. The molecule has 3 rings (SSSR count). The second-order valence-electron chi connectivity index (χ2n) is 16.9. The van der Waals surface area contributed by atoms with E-state index in [0.717, 1.165) is 5.56 Å². The minimum absolute atomic E-state index is 0.0344. The molecule has 0 spiro atoms. The van der Waals surface area contributed by atoms with Crippen molar-refractivity contribution >= 4 is 53.3 Å². The number of rotatable bonds is 17. The lowest BCUT2D eigenvalue weighted by atomic mass is 10.00. The van der Waals surface area contributed by atoms with E-state index >= 15 is 0 Å². The average molecular weight is 934 g/mol. The van der Waals surface area contributed by atoms with Gasteiger partial charge in [0.2, 0.25) is 35.4 Å². The summed E-state index contributed by atoms with van der Waals surface area (Å²) in [6.07, 6.45) is 1.14. The molecule has 2 aromatic carbocycles. The van der Waals surface area contributed by atoms with Crippen LogP contribution in [0.4, 0.5) is 0 Å². The van der Waals surface area contributed by atoms with Gasteiger partial charge in [0.15, 0.2) is 0 Å². The van der Waals surface area contributed by atoms with E-state index in [1.165, 1.54) is 69.3 Å². The zero-order valence-electron chi connectivity index (χ0n) is 38.8. The van der Waals surface area contributed by atoms with Gasteiger partial charge in [0.05, 0.1) is 0 Å². The van der Waals surface area contributed by atoms with Crippen LogP contribution < -0.4 is 37.2 Å². The highest BCUT2D eigenvalue weighted by molar-refractivity contribution is 6.02. The first-order chi connectivity index (χ1) is 31.6. The number of hydrogen-bond acceptors (Lipinski definition) is 12. The quantitative estimate of drug-likeness (QED) is 0.0611. The van der Waals surface area contributed by atoms with Crippen molar-refractivity contribution in [3.63, 3.8) is 0 Å². The van der Waals surface area contributed by atoms with E-state index in [2.05, 4.69) is 37.2 Å². The molecule has 0 bridgehead atoms. The SMILES string of the molecule is C/C=C1/NC(=O)[C@H](C)NC(=O)C(NC(=O)[C@H](Cc2ccc(O)cc2)NC(=O)[C@@H](NC(=O)C=C(C)C)C(C)C)[C@@H](C)OC(=O)[C@H](CCCCc2ccc(O)cc2)NC(=O)[C@@H](CCC(=O)O)NC1=O. The number of amides is 7. The summed E-state index contributed by atoms with van der Waals surface area (Å²) in [6.45, 7) is 10.8. The molecular weight excluding hydrogens is 871 g/mol. The molecule has 1 unspecified atom stereocenters. The summed E-state index contributed by atoms with van der Waals surface area (Å²) in [5, 5.41) is 46.7. The number of aryl methyl sites for hydroxylation is 1. The first kappa shape index (κ1) is 54.1. The fourth-order valence-electron chi connectivity index (χ4n) is 6.82. The molecule has 364 valence electrons. The van der Waals surface area contributed by atoms with Crippen LogP contribution in [-0.2, 0) is 60.7 Å². The smallest absolute Gasteiger partial charge is 0.328 e. The Morgan fingerprint density at radius 1 is 0.761 bits per heavy atom. The number of nitrogens with one attached hydrogen (secondary N) is 7. The first-order valence-corrected chi connectivity index (χ1v) is 22.0. The minimum atomic E-state index is -1.77. The number of aromatic hydroxyl groups is 2. The molecule has 1 aliphatic heterocycles. The molecule has 1 heterocycles. The van der Waals surface area contributed by atoms with Crippen LogP contribution in [0.5, 0.6) is 11.5 Å². The molecule has 0 saturated carbocycles. The van der Waals surface area contributed by atoms with Gasteiger partial charge in [-0.05, 0) is 102 Å². The summed E-state index contributed by atoms with van der Waals surface area (Å²) in [7, 11) is 0. The maximum absolute atomic E-state index is 14.4.